The first-order chi connectivity index (χ1) is 6.98. The number of hydrogen-bond acceptors (Lipinski definition) is 6. The minimum absolute atomic E-state index is 0.127. The second-order valence-corrected chi connectivity index (χ2v) is 3.20. The molecule has 1 saturated heterocycles. The molecule has 0 aromatic rings. The Morgan fingerprint density at radius 2 is 2.07 bits per heavy atom. The number of amides is 3. The molecule has 2 aliphatic rings. The summed E-state index contributed by atoms with van der Waals surface area (Å²) in [5.41, 5.74) is 0.273. The van der Waals surface area contributed by atoms with E-state index in [1.54, 1.807) is 0 Å². The smallest absolute Gasteiger partial charge is 0.331 e. The maximum atomic E-state index is 11.6. The van der Waals surface area contributed by atoms with Gasteiger partial charge >= 0.3 is 11.8 Å². The van der Waals surface area contributed by atoms with Crippen molar-refractivity contribution in [1.82, 2.24) is 15.2 Å². The number of rotatable bonds is 0. The van der Waals surface area contributed by atoms with Crippen LogP contribution >= 0.6 is 0 Å². The summed E-state index contributed by atoms with van der Waals surface area (Å²) in [6.45, 7) is 0. The van der Waals surface area contributed by atoms with Gasteiger partial charge in [0.05, 0.1) is 0 Å². The minimum Gasteiger partial charge on any atom is -0.356 e. The van der Waals surface area contributed by atoms with Crippen molar-refractivity contribution in [1.29, 1.82) is 0 Å². The molecule has 0 spiro atoms. The lowest BCUT2D eigenvalue weighted by atomic mass is 10.1. The van der Waals surface area contributed by atoms with Gasteiger partial charge in [0.1, 0.15) is 6.34 Å². The number of aliphatic hydroxyl groups is 1. The number of nitrogens with zero attached hydrogens (tertiary/aromatic N) is 4. The van der Waals surface area contributed by atoms with Crippen LogP contribution in [0.3, 0.4) is 0 Å². The van der Waals surface area contributed by atoms with Gasteiger partial charge in [0, 0.05) is 14.1 Å². The molecule has 2 heterocycles. The van der Waals surface area contributed by atoms with Crippen molar-refractivity contribution in [2.24, 2.45) is 10.1 Å². The summed E-state index contributed by atoms with van der Waals surface area (Å²) in [7, 11) is 2.67. The van der Waals surface area contributed by atoms with E-state index in [4.69, 9.17) is 0 Å². The lowest BCUT2D eigenvalue weighted by Gasteiger charge is -2.39. The first kappa shape index (κ1) is 9.59. The molecule has 1 unspecified atom stereocenters. The Balaban J connectivity index is 2.53. The van der Waals surface area contributed by atoms with Crippen molar-refractivity contribution < 1.29 is 14.7 Å². The van der Waals surface area contributed by atoms with E-state index in [1.165, 1.54) is 14.1 Å². The van der Waals surface area contributed by atoms with Gasteiger partial charge < -0.3 is 5.11 Å². The SMILES string of the molecule is CN1C(=O)N(C)C2=NNC=NC2(O)C1=O. The molecule has 0 aromatic heterocycles. The summed E-state index contributed by atoms with van der Waals surface area (Å²) in [4.78, 5) is 28.6. The Morgan fingerprint density at radius 1 is 1.40 bits per heavy atom. The number of nitrogens with one attached hydrogen (secondary N) is 1. The van der Waals surface area contributed by atoms with Gasteiger partial charge in [0.25, 0.3) is 5.91 Å². The molecule has 0 aliphatic carbocycles. The van der Waals surface area contributed by atoms with Crippen LogP contribution in [0.1, 0.15) is 0 Å². The van der Waals surface area contributed by atoms with Crippen LogP contribution in [0.15, 0.2) is 10.1 Å². The standard InChI is InChI=1S/C7H9N5O3/c1-11-4-7(15,8-3-9-10-4)5(13)12(2)6(11)14/h3,15H,1-2H3,(H,8,9). The molecule has 2 aliphatic heterocycles. The number of hydrazone groups is 1. The molecule has 15 heavy (non-hydrogen) atoms. The molecule has 2 rings (SSSR count). The molecule has 8 nitrogen and oxygen atoms in total. The summed E-state index contributed by atoms with van der Waals surface area (Å²) in [6.07, 6.45) is 1.10. The van der Waals surface area contributed by atoms with E-state index in [2.05, 4.69) is 15.5 Å². The van der Waals surface area contributed by atoms with Gasteiger partial charge in [-0.2, -0.15) is 5.10 Å². The zero-order chi connectivity index (χ0) is 11.2. The molecular weight excluding hydrogens is 202 g/mol. The van der Waals surface area contributed by atoms with Gasteiger partial charge in [-0.25, -0.2) is 9.79 Å². The van der Waals surface area contributed by atoms with E-state index in [-0.39, 0.29) is 5.84 Å². The fourth-order valence-corrected chi connectivity index (χ4v) is 1.44. The molecule has 1 fully saturated rings. The highest BCUT2D eigenvalue weighted by Gasteiger charge is 2.54. The molecule has 8 heteroatoms. The van der Waals surface area contributed by atoms with Gasteiger partial charge in [-0.05, 0) is 0 Å². The Morgan fingerprint density at radius 3 is 2.73 bits per heavy atom. The third kappa shape index (κ3) is 1.05. The summed E-state index contributed by atoms with van der Waals surface area (Å²) < 4.78 is 0. The maximum Gasteiger partial charge on any atom is 0.331 e. The molecular formula is C7H9N5O3. The molecule has 2 N–H and O–H groups in total. The molecule has 3 amide bonds. The van der Waals surface area contributed by atoms with Crippen LogP contribution in [0.2, 0.25) is 0 Å². The Labute approximate surface area is 84.9 Å². The normalized spacial score (nSPS) is 29.9. The van der Waals surface area contributed by atoms with Gasteiger partial charge in [-0.1, -0.05) is 0 Å². The first-order valence-electron chi connectivity index (χ1n) is 4.14. The van der Waals surface area contributed by atoms with Crippen LogP contribution in [0.5, 0.6) is 0 Å². The summed E-state index contributed by atoms with van der Waals surface area (Å²) >= 11 is 0. The fourth-order valence-electron chi connectivity index (χ4n) is 1.44. The zero-order valence-corrected chi connectivity index (χ0v) is 8.13. The van der Waals surface area contributed by atoms with E-state index in [0.717, 1.165) is 16.1 Å². The van der Waals surface area contributed by atoms with Crippen LogP contribution < -0.4 is 5.43 Å². The second kappa shape index (κ2) is 2.76. The number of imide groups is 1. The Hall–Kier alpha value is -1.96. The summed E-state index contributed by atoms with van der Waals surface area (Å²) in [6, 6.07) is -0.567. The van der Waals surface area contributed by atoms with Crippen molar-refractivity contribution in [2.75, 3.05) is 14.1 Å². The lowest BCUT2D eigenvalue weighted by Crippen LogP contribution is -2.67. The van der Waals surface area contributed by atoms with Crippen molar-refractivity contribution >= 4 is 24.1 Å². The third-order valence-corrected chi connectivity index (χ3v) is 2.29. The van der Waals surface area contributed by atoms with Crippen molar-refractivity contribution in [2.45, 2.75) is 5.72 Å². The van der Waals surface area contributed by atoms with E-state index in [0.29, 0.717) is 0 Å². The highest BCUT2D eigenvalue weighted by molar-refractivity contribution is 6.23. The van der Waals surface area contributed by atoms with E-state index in [1.807, 2.05) is 0 Å². The van der Waals surface area contributed by atoms with Gasteiger partial charge in [0.2, 0.25) is 0 Å². The third-order valence-electron chi connectivity index (χ3n) is 2.29. The van der Waals surface area contributed by atoms with Crippen LogP contribution in [-0.4, -0.2) is 58.8 Å². The summed E-state index contributed by atoms with van der Waals surface area (Å²) in [5, 5.41) is 13.6. The van der Waals surface area contributed by atoms with E-state index >= 15 is 0 Å². The molecule has 0 radical (unpaired) electrons. The quantitative estimate of drug-likeness (QED) is 0.491. The molecule has 80 valence electrons. The average molecular weight is 211 g/mol. The van der Waals surface area contributed by atoms with Gasteiger partial charge in [-0.15, -0.1) is 0 Å². The lowest BCUT2D eigenvalue weighted by molar-refractivity contribution is -0.142. The Kier molecular flexibility index (Phi) is 1.77. The highest BCUT2D eigenvalue weighted by Crippen LogP contribution is 2.22. The predicted octanol–water partition coefficient (Wildman–Crippen LogP) is -1.86. The Bertz CT molecular complexity index is 403. The van der Waals surface area contributed by atoms with Crippen LogP contribution in [0, 0.1) is 0 Å². The average Bonchev–Trinajstić information content (AvgIpc) is 2.24. The maximum absolute atomic E-state index is 11.6. The minimum atomic E-state index is -2.09. The van der Waals surface area contributed by atoms with Crippen LogP contribution in [-0.2, 0) is 4.79 Å². The number of amidine groups is 1. The molecule has 0 bridgehead atoms. The van der Waals surface area contributed by atoms with Crippen molar-refractivity contribution in [3.8, 4) is 0 Å². The molecule has 0 aromatic carbocycles. The van der Waals surface area contributed by atoms with Crippen LogP contribution in [0.4, 0.5) is 4.79 Å². The van der Waals surface area contributed by atoms with Crippen LogP contribution in [0.25, 0.3) is 0 Å². The summed E-state index contributed by atoms with van der Waals surface area (Å²) in [5.74, 6) is -0.944. The topological polar surface area (TPSA) is 97.6 Å². The zero-order valence-electron chi connectivity index (χ0n) is 8.13. The second-order valence-electron chi connectivity index (χ2n) is 3.20. The number of carbonyl (C=O) groups excluding carboxylic acids is 2. The van der Waals surface area contributed by atoms with Crippen molar-refractivity contribution in [3.63, 3.8) is 0 Å². The van der Waals surface area contributed by atoms with E-state index < -0.39 is 17.7 Å². The number of fused-ring (bicyclic) bond motifs is 1. The predicted molar refractivity (Wildman–Crippen MR) is 49.9 cm³/mol. The number of carbonyl (C=O) groups is 2. The monoisotopic (exact) mass is 211 g/mol. The molecule has 0 saturated carbocycles. The number of likely N-dealkylation sites (N-methyl/N-ethyl adjacent to an activating group) is 2. The number of hydrogen-bond donors (Lipinski definition) is 2. The number of urea groups is 1. The first-order valence-corrected chi connectivity index (χ1v) is 4.14. The van der Waals surface area contributed by atoms with Gasteiger partial charge in [-0.3, -0.25) is 20.0 Å². The molecule has 1 atom stereocenters. The largest absolute Gasteiger partial charge is 0.356 e. The van der Waals surface area contributed by atoms with Crippen molar-refractivity contribution in [3.05, 3.63) is 0 Å². The fraction of sp³-hybridized carbons (Fsp3) is 0.429. The number of aliphatic imine (C=N–C) groups is 1. The highest BCUT2D eigenvalue weighted by atomic mass is 16.3. The van der Waals surface area contributed by atoms with Gasteiger partial charge in [0.15, 0.2) is 5.84 Å². The van der Waals surface area contributed by atoms with E-state index in [9.17, 15) is 14.7 Å².